The van der Waals surface area contributed by atoms with E-state index in [2.05, 4.69) is 0 Å². The minimum Gasteiger partial charge on any atom is -0.399 e. The molecule has 21 heavy (non-hydrogen) atoms. The summed E-state index contributed by atoms with van der Waals surface area (Å²) in [7, 11) is 1.70. The second-order valence-corrected chi connectivity index (χ2v) is 5.93. The number of rotatable bonds is 3. The van der Waals surface area contributed by atoms with Gasteiger partial charge in [-0.2, -0.15) is 0 Å². The van der Waals surface area contributed by atoms with Gasteiger partial charge in [-0.1, -0.05) is 40.9 Å². The fraction of sp³-hybridized carbons (Fsp3) is 0.133. The molecule has 6 heteroatoms. The monoisotopic (exact) mass is 342 g/mol. The minimum atomic E-state index is -0.171. The molecule has 0 aliphatic heterocycles. The van der Waals surface area contributed by atoms with Crippen LogP contribution >= 0.6 is 34.8 Å². The molecular weight excluding hydrogens is 331 g/mol. The van der Waals surface area contributed by atoms with Crippen molar-refractivity contribution < 1.29 is 4.79 Å². The number of nitrogen functional groups attached to an aromatic ring is 1. The molecule has 0 heterocycles. The van der Waals surface area contributed by atoms with Gasteiger partial charge in [0.25, 0.3) is 5.91 Å². The van der Waals surface area contributed by atoms with Crippen LogP contribution in [0.2, 0.25) is 15.1 Å². The first-order valence-corrected chi connectivity index (χ1v) is 7.25. The quantitative estimate of drug-likeness (QED) is 0.834. The first-order chi connectivity index (χ1) is 9.86. The molecule has 1 amide bonds. The summed E-state index contributed by atoms with van der Waals surface area (Å²) in [6, 6.07) is 10.0. The molecule has 0 unspecified atom stereocenters. The van der Waals surface area contributed by atoms with Crippen LogP contribution in [0.3, 0.4) is 0 Å². The van der Waals surface area contributed by atoms with Gasteiger partial charge in [-0.3, -0.25) is 4.79 Å². The zero-order valence-corrected chi connectivity index (χ0v) is 13.5. The van der Waals surface area contributed by atoms with E-state index in [1.54, 1.807) is 42.3 Å². The molecule has 0 saturated heterocycles. The summed E-state index contributed by atoms with van der Waals surface area (Å²) in [6.45, 7) is 0.405. The summed E-state index contributed by atoms with van der Waals surface area (Å²) < 4.78 is 0. The predicted octanol–water partition coefficient (Wildman–Crippen LogP) is 4.50. The van der Waals surface area contributed by atoms with Crippen LogP contribution in [0.15, 0.2) is 36.4 Å². The molecule has 2 N–H and O–H groups in total. The molecule has 0 aliphatic carbocycles. The fourth-order valence-electron chi connectivity index (χ4n) is 1.94. The summed E-state index contributed by atoms with van der Waals surface area (Å²) in [4.78, 5) is 13.9. The normalized spacial score (nSPS) is 10.5. The van der Waals surface area contributed by atoms with Crippen molar-refractivity contribution in [2.75, 3.05) is 12.8 Å². The van der Waals surface area contributed by atoms with Crippen LogP contribution in [0.5, 0.6) is 0 Å². The molecule has 0 atom stereocenters. The molecule has 2 aromatic carbocycles. The molecule has 0 radical (unpaired) electrons. The molecule has 3 nitrogen and oxygen atoms in total. The number of hydrogen-bond donors (Lipinski definition) is 1. The van der Waals surface area contributed by atoms with Crippen LogP contribution < -0.4 is 5.73 Å². The lowest BCUT2D eigenvalue weighted by Crippen LogP contribution is -2.26. The lowest BCUT2D eigenvalue weighted by atomic mass is 10.1. The van der Waals surface area contributed by atoms with Gasteiger partial charge in [0.2, 0.25) is 0 Å². The van der Waals surface area contributed by atoms with Crippen LogP contribution in [0, 0.1) is 0 Å². The van der Waals surface area contributed by atoms with Crippen LogP contribution in [-0.2, 0) is 6.54 Å². The molecule has 2 aromatic rings. The molecule has 0 fully saturated rings. The summed E-state index contributed by atoms with van der Waals surface area (Å²) >= 11 is 17.7. The van der Waals surface area contributed by atoms with Gasteiger partial charge in [0.05, 0.1) is 10.0 Å². The van der Waals surface area contributed by atoms with Gasteiger partial charge in [-0.25, -0.2) is 0 Å². The van der Waals surface area contributed by atoms with Gasteiger partial charge in [0, 0.05) is 29.9 Å². The minimum absolute atomic E-state index is 0.171. The third kappa shape index (κ3) is 4.03. The highest BCUT2D eigenvalue weighted by Crippen LogP contribution is 2.24. The molecule has 2 rings (SSSR count). The van der Waals surface area contributed by atoms with E-state index in [1.165, 1.54) is 0 Å². The predicted molar refractivity (Wildman–Crippen MR) is 88.1 cm³/mol. The van der Waals surface area contributed by atoms with E-state index < -0.39 is 0 Å². The maximum atomic E-state index is 12.4. The van der Waals surface area contributed by atoms with Crippen molar-refractivity contribution in [3.8, 4) is 0 Å². The van der Waals surface area contributed by atoms with E-state index in [9.17, 15) is 4.79 Å². The van der Waals surface area contributed by atoms with Crippen molar-refractivity contribution in [2.45, 2.75) is 6.54 Å². The van der Waals surface area contributed by atoms with E-state index in [0.717, 1.165) is 5.56 Å². The topological polar surface area (TPSA) is 46.3 Å². The number of benzene rings is 2. The second-order valence-electron chi connectivity index (χ2n) is 4.68. The number of carbonyl (C=O) groups is 1. The van der Waals surface area contributed by atoms with Crippen molar-refractivity contribution in [1.29, 1.82) is 0 Å². The number of halogens is 3. The van der Waals surface area contributed by atoms with Crippen molar-refractivity contribution in [2.24, 2.45) is 0 Å². The van der Waals surface area contributed by atoms with E-state index in [4.69, 9.17) is 40.5 Å². The van der Waals surface area contributed by atoms with E-state index in [0.29, 0.717) is 32.9 Å². The molecular formula is C15H13Cl3N2O. The lowest BCUT2D eigenvalue weighted by Gasteiger charge is -2.18. The van der Waals surface area contributed by atoms with Crippen LogP contribution in [0.4, 0.5) is 5.69 Å². The van der Waals surface area contributed by atoms with Crippen molar-refractivity contribution >= 4 is 46.4 Å². The van der Waals surface area contributed by atoms with Gasteiger partial charge in [0.15, 0.2) is 0 Å². The zero-order chi connectivity index (χ0) is 15.6. The van der Waals surface area contributed by atoms with Crippen LogP contribution in [0.25, 0.3) is 0 Å². The largest absolute Gasteiger partial charge is 0.399 e. The van der Waals surface area contributed by atoms with Gasteiger partial charge < -0.3 is 10.6 Å². The number of anilines is 1. The first kappa shape index (κ1) is 16.0. The Morgan fingerprint density at radius 1 is 1.10 bits per heavy atom. The highest BCUT2D eigenvalue weighted by Gasteiger charge is 2.14. The highest BCUT2D eigenvalue weighted by atomic mass is 35.5. The number of carbonyl (C=O) groups excluding carboxylic acids is 1. The standard InChI is InChI=1S/C15H13Cl3N2O/c1-20(8-9-2-3-13(17)14(18)4-9)15(21)10-5-11(16)7-12(19)6-10/h2-7H,8,19H2,1H3. The highest BCUT2D eigenvalue weighted by molar-refractivity contribution is 6.42. The second kappa shape index (κ2) is 6.56. The Hall–Kier alpha value is -1.42. The number of nitrogens with zero attached hydrogens (tertiary/aromatic N) is 1. The number of amides is 1. The van der Waals surface area contributed by atoms with Crippen molar-refractivity contribution in [3.63, 3.8) is 0 Å². The Balaban J connectivity index is 2.17. The van der Waals surface area contributed by atoms with Gasteiger partial charge >= 0.3 is 0 Å². The Bertz CT molecular complexity index is 668. The Kier molecular flexibility index (Phi) is 4.99. The van der Waals surface area contributed by atoms with Gasteiger partial charge in [-0.05, 0) is 35.9 Å². The SMILES string of the molecule is CN(Cc1ccc(Cl)c(Cl)c1)C(=O)c1cc(N)cc(Cl)c1. The van der Waals surface area contributed by atoms with Gasteiger partial charge in [0.1, 0.15) is 0 Å². The van der Waals surface area contributed by atoms with Crippen molar-refractivity contribution in [3.05, 3.63) is 62.6 Å². The van der Waals surface area contributed by atoms with Gasteiger partial charge in [-0.15, -0.1) is 0 Å². The molecule has 0 saturated carbocycles. The average Bonchev–Trinajstić information content (AvgIpc) is 2.41. The molecule has 0 aliphatic rings. The fourth-order valence-corrected chi connectivity index (χ4v) is 2.50. The third-order valence-electron chi connectivity index (χ3n) is 2.92. The third-order valence-corrected chi connectivity index (χ3v) is 3.87. The summed E-state index contributed by atoms with van der Waals surface area (Å²) in [5.41, 5.74) is 7.48. The summed E-state index contributed by atoms with van der Waals surface area (Å²) in [5, 5.41) is 1.38. The molecule has 0 spiro atoms. The lowest BCUT2D eigenvalue weighted by molar-refractivity contribution is 0.0785. The van der Waals surface area contributed by atoms with Crippen LogP contribution in [0.1, 0.15) is 15.9 Å². The zero-order valence-electron chi connectivity index (χ0n) is 11.2. The Labute approximate surface area is 138 Å². The van der Waals surface area contributed by atoms with E-state index >= 15 is 0 Å². The molecule has 0 bridgehead atoms. The smallest absolute Gasteiger partial charge is 0.254 e. The van der Waals surface area contributed by atoms with E-state index in [-0.39, 0.29) is 5.91 Å². The van der Waals surface area contributed by atoms with Crippen LogP contribution in [-0.4, -0.2) is 17.9 Å². The summed E-state index contributed by atoms with van der Waals surface area (Å²) in [5.74, 6) is -0.171. The molecule has 0 aromatic heterocycles. The Morgan fingerprint density at radius 2 is 1.81 bits per heavy atom. The average molecular weight is 344 g/mol. The van der Waals surface area contributed by atoms with E-state index in [1.807, 2.05) is 6.07 Å². The number of hydrogen-bond acceptors (Lipinski definition) is 2. The summed E-state index contributed by atoms with van der Waals surface area (Å²) in [6.07, 6.45) is 0. The maximum Gasteiger partial charge on any atom is 0.254 e. The maximum absolute atomic E-state index is 12.4. The Morgan fingerprint density at radius 3 is 2.43 bits per heavy atom. The number of nitrogens with two attached hydrogens (primary N) is 1. The first-order valence-electron chi connectivity index (χ1n) is 6.12. The van der Waals surface area contributed by atoms with Crippen molar-refractivity contribution in [1.82, 2.24) is 4.90 Å². The molecule has 110 valence electrons.